The lowest BCUT2D eigenvalue weighted by Crippen LogP contribution is -2.31. The average Bonchev–Trinajstić information content (AvgIpc) is 3.30. The highest BCUT2D eigenvalue weighted by Crippen LogP contribution is 2.41. The number of carbonyl (C=O) groups is 1. The first-order valence-electron chi connectivity index (χ1n) is 8.35. The SMILES string of the molecule is Cc1noc(C)c1CN1CC2(CCN(Cc3nccs3)C2)CC1=O. The minimum absolute atomic E-state index is 0.104. The summed E-state index contributed by atoms with van der Waals surface area (Å²) < 4.78 is 5.23. The molecule has 1 amide bonds. The maximum absolute atomic E-state index is 12.6. The van der Waals surface area contributed by atoms with Gasteiger partial charge in [0.15, 0.2) is 0 Å². The van der Waals surface area contributed by atoms with Crippen molar-refractivity contribution in [3.63, 3.8) is 0 Å². The molecule has 2 aliphatic rings. The van der Waals surface area contributed by atoms with Crippen molar-refractivity contribution in [3.05, 3.63) is 33.6 Å². The first kappa shape index (κ1) is 15.8. The number of thiazole rings is 1. The van der Waals surface area contributed by atoms with Crippen molar-refractivity contribution in [2.24, 2.45) is 5.41 Å². The summed E-state index contributed by atoms with van der Waals surface area (Å²) in [6, 6.07) is 0. The van der Waals surface area contributed by atoms with E-state index in [4.69, 9.17) is 4.52 Å². The minimum Gasteiger partial charge on any atom is -0.361 e. The molecular formula is C17H22N4O2S. The number of likely N-dealkylation sites (tertiary alicyclic amines) is 2. The van der Waals surface area contributed by atoms with Crippen LogP contribution in [0.15, 0.2) is 16.1 Å². The van der Waals surface area contributed by atoms with E-state index in [0.717, 1.165) is 54.6 Å². The van der Waals surface area contributed by atoms with Gasteiger partial charge in [-0.2, -0.15) is 0 Å². The van der Waals surface area contributed by atoms with Crippen molar-refractivity contribution < 1.29 is 9.32 Å². The largest absolute Gasteiger partial charge is 0.361 e. The zero-order valence-corrected chi connectivity index (χ0v) is 14.9. The van der Waals surface area contributed by atoms with E-state index in [2.05, 4.69) is 15.0 Å². The van der Waals surface area contributed by atoms with Gasteiger partial charge in [0.25, 0.3) is 0 Å². The maximum atomic E-state index is 12.6. The molecule has 6 nitrogen and oxygen atoms in total. The lowest BCUT2D eigenvalue weighted by molar-refractivity contribution is -0.128. The Bertz CT molecular complexity index is 722. The number of hydrogen-bond acceptors (Lipinski definition) is 6. The normalized spacial score (nSPS) is 24.6. The molecule has 2 saturated heterocycles. The Morgan fingerprint density at radius 1 is 1.33 bits per heavy atom. The molecule has 2 aromatic rings. The summed E-state index contributed by atoms with van der Waals surface area (Å²) in [5, 5.41) is 7.17. The summed E-state index contributed by atoms with van der Waals surface area (Å²) >= 11 is 1.70. The van der Waals surface area contributed by atoms with Crippen LogP contribution in [0.5, 0.6) is 0 Å². The highest BCUT2D eigenvalue weighted by molar-refractivity contribution is 7.09. The molecule has 1 atom stereocenters. The molecule has 7 heteroatoms. The Morgan fingerprint density at radius 2 is 2.21 bits per heavy atom. The standard InChI is InChI=1S/C17H22N4O2S/c1-12-14(13(2)23-19-12)8-21-11-17(7-16(21)22)3-5-20(10-17)9-15-18-4-6-24-15/h4,6H,3,5,7-11H2,1-2H3. The number of aromatic nitrogens is 2. The van der Waals surface area contributed by atoms with Crippen LogP contribution in [0, 0.1) is 19.3 Å². The predicted octanol–water partition coefficient (Wildman–Crippen LogP) is 2.37. The zero-order valence-electron chi connectivity index (χ0n) is 14.1. The van der Waals surface area contributed by atoms with Crippen LogP contribution in [0.2, 0.25) is 0 Å². The molecule has 1 unspecified atom stereocenters. The Kier molecular flexibility index (Phi) is 3.92. The van der Waals surface area contributed by atoms with Crippen molar-refractivity contribution in [3.8, 4) is 0 Å². The van der Waals surface area contributed by atoms with Gasteiger partial charge in [0.05, 0.1) is 18.8 Å². The van der Waals surface area contributed by atoms with Crippen LogP contribution in [0.1, 0.15) is 34.9 Å². The molecule has 24 heavy (non-hydrogen) atoms. The van der Waals surface area contributed by atoms with E-state index in [0.29, 0.717) is 13.0 Å². The van der Waals surface area contributed by atoms with Crippen LogP contribution in [0.3, 0.4) is 0 Å². The number of rotatable bonds is 4. The van der Waals surface area contributed by atoms with Crippen molar-refractivity contribution in [1.29, 1.82) is 0 Å². The van der Waals surface area contributed by atoms with Crippen LogP contribution in [0.25, 0.3) is 0 Å². The number of nitrogens with zero attached hydrogens (tertiary/aromatic N) is 4. The van der Waals surface area contributed by atoms with Crippen molar-refractivity contribution >= 4 is 17.2 Å². The van der Waals surface area contributed by atoms with Gasteiger partial charge < -0.3 is 9.42 Å². The van der Waals surface area contributed by atoms with E-state index in [-0.39, 0.29) is 11.3 Å². The number of hydrogen-bond donors (Lipinski definition) is 0. The second kappa shape index (κ2) is 5.97. The van der Waals surface area contributed by atoms with Crippen LogP contribution >= 0.6 is 11.3 Å². The minimum atomic E-state index is 0.104. The smallest absolute Gasteiger partial charge is 0.223 e. The highest BCUT2D eigenvalue weighted by Gasteiger charge is 2.47. The Balaban J connectivity index is 1.42. The molecule has 2 aliphatic heterocycles. The van der Waals surface area contributed by atoms with Gasteiger partial charge in [0.1, 0.15) is 10.8 Å². The molecule has 0 radical (unpaired) electrons. The van der Waals surface area contributed by atoms with Crippen LogP contribution < -0.4 is 0 Å². The van der Waals surface area contributed by atoms with Gasteiger partial charge >= 0.3 is 0 Å². The number of amides is 1. The van der Waals surface area contributed by atoms with Gasteiger partial charge in [0.2, 0.25) is 5.91 Å². The molecule has 0 N–H and O–H groups in total. The van der Waals surface area contributed by atoms with Gasteiger partial charge in [-0.1, -0.05) is 5.16 Å². The Labute approximate surface area is 145 Å². The molecule has 1 spiro atoms. The molecule has 2 aromatic heterocycles. The molecule has 0 aliphatic carbocycles. The summed E-state index contributed by atoms with van der Waals surface area (Å²) in [5.74, 6) is 1.07. The molecular weight excluding hydrogens is 324 g/mol. The third-order valence-corrected chi connectivity index (χ3v) is 6.06. The molecule has 128 valence electrons. The summed E-state index contributed by atoms with van der Waals surface area (Å²) in [6.07, 6.45) is 3.60. The molecule has 4 heterocycles. The van der Waals surface area contributed by atoms with E-state index in [9.17, 15) is 4.79 Å². The molecule has 2 fully saturated rings. The van der Waals surface area contributed by atoms with Gasteiger partial charge in [-0.3, -0.25) is 9.69 Å². The monoisotopic (exact) mass is 346 g/mol. The lowest BCUT2D eigenvalue weighted by atomic mass is 9.86. The predicted molar refractivity (Wildman–Crippen MR) is 90.5 cm³/mol. The first-order chi connectivity index (χ1) is 11.5. The fourth-order valence-corrected chi connectivity index (χ4v) is 4.66. The number of aryl methyl sites for hydroxylation is 2. The third kappa shape index (κ3) is 2.86. The second-order valence-electron chi connectivity index (χ2n) is 7.12. The van der Waals surface area contributed by atoms with Crippen molar-refractivity contribution in [2.45, 2.75) is 39.8 Å². The van der Waals surface area contributed by atoms with E-state index in [1.165, 1.54) is 0 Å². The molecule has 0 bridgehead atoms. The molecule has 4 rings (SSSR count). The fraction of sp³-hybridized carbons (Fsp3) is 0.588. The zero-order chi connectivity index (χ0) is 16.7. The van der Waals surface area contributed by atoms with Gasteiger partial charge in [0, 0.05) is 42.1 Å². The van der Waals surface area contributed by atoms with Gasteiger partial charge in [-0.25, -0.2) is 4.98 Å². The Morgan fingerprint density at radius 3 is 2.92 bits per heavy atom. The first-order valence-corrected chi connectivity index (χ1v) is 9.23. The van der Waals surface area contributed by atoms with Crippen LogP contribution in [-0.2, 0) is 17.9 Å². The van der Waals surface area contributed by atoms with Crippen LogP contribution in [0.4, 0.5) is 0 Å². The topological polar surface area (TPSA) is 62.5 Å². The third-order valence-electron chi connectivity index (χ3n) is 5.30. The molecule has 0 aromatic carbocycles. The molecule has 0 saturated carbocycles. The van der Waals surface area contributed by atoms with E-state index >= 15 is 0 Å². The van der Waals surface area contributed by atoms with Crippen molar-refractivity contribution in [1.82, 2.24) is 19.9 Å². The van der Waals surface area contributed by atoms with Crippen molar-refractivity contribution in [2.75, 3.05) is 19.6 Å². The van der Waals surface area contributed by atoms with Crippen LogP contribution in [-0.4, -0.2) is 45.5 Å². The van der Waals surface area contributed by atoms with Gasteiger partial charge in [-0.05, 0) is 26.8 Å². The van der Waals surface area contributed by atoms with Gasteiger partial charge in [-0.15, -0.1) is 11.3 Å². The summed E-state index contributed by atoms with van der Waals surface area (Å²) in [7, 11) is 0. The second-order valence-corrected chi connectivity index (χ2v) is 8.09. The van der Waals surface area contributed by atoms with E-state index in [1.807, 2.05) is 30.3 Å². The quantitative estimate of drug-likeness (QED) is 0.850. The summed E-state index contributed by atoms with van der Waals surface area (Å²) in [5.41, 5.74) is 2.05. The Hall–Kier alpha value is -1.73. The fourth-order valence-electron chi connectivity index (χ4n) is 4.00. The lowest BCUT2D eigenvalue weighted by Gasteiger charge is -2.24. The maximum Gasteiger partial charge on any atom is 0.223 e. The van der Waals surface area contributed by atoms with E-state index < -0.39 is 0 Å². The average molecular weight is 346 g/mol. The highest BCUT2D eigenvalue weighted by atomic mass is 32.1. The summed E-state index contributed by atoms with van der Waals surface area (Å²) in [6.45, 7) is 8.24. The summed E-state index contributed by atoms with van der Waals surface area (Å²) in [4.78, 5) is 21.4. The van der Waals surface area contributed by atoms with E-state index in [1.54, 1.807) is 11.3 Å². The number of carbonyl (C=O) groups excluding carboxylic acids is 1.